The van der Waals surface area contributed by atoms with E-state index in [0.717, 1.165) is 36.3 Å². The van der Waals surface area contributed by atoms with Gasteiger partial charge in [0.2, 0.25) is 0 Å². The Hall–Kier alpha value is -2.11. The maximum absolute atomic E-state index is 14.5. The Morgan fingerprint density at radius 2 is 1.88 bits per heavy atom. The Balaban J connectivity index is 0.00000243. The van der Waals surface area contributed by atoms with Gasteiger partial charge in [0.1, 0.15) is 11.6 Å². The molecule has 0 spiro atoms. The molecule has 1 aliphatic heterocycles. The minimum atomic E-state index is -0.507. The van der Waals surface area contributed by atoms with Gasteiger partial charge >= 0.3 is 0 Å². The van der Waals surface area contributed by atoms with Crippen molar-refractivity contribution in [2.75, 3.05) is 13.7 Å². The molecule has 0 aromatic heterocycles. The molecule has 4 nitrogen and oxygen atoms in total. The van der Waals surface area contributed by atoms with Gasteiger partial charge in [-0.3, -0.25) is 4.79 Å². The van der Waals surface area contributed by atoms with Gasteiger partial charge in [-0.05, 0) is 61.7 Å². The van der Waals surface area contributed by atoms with Crippen LogP contribution in [0.1, 0.15) is 30.1 Å². The first-order chi connectivity index (χ1) is 12.1. The van der Waals surface area contributed by atoms with E-state index in [1.54, 1.807) is 19.2 Å². The van der Waals surface area contributed by atoms with Gasteiger partial charge < -0.3 is 15.4 Å². The molecule has 1 amide bonds. The summed E-state index contributed by atoms with van der Waals surface area (Å²) < 4.78 is 19.6. The second-order valence-corrected chi connectivity index (χ2v) is 6.47. The van der Waals surface area contributed by atoms with Crippen LogP contribution in [0.2, 0.25) is 0 Å². The molecule has 3 rings (SSSR count). The fourth-order valence-corrected chi connectivity index (χ4v) is 3.19. The zero-order chi connectivity index (χ0) is 17.8. The van der Waals surface area contributed by atoms with Crippen LogP contribution in [0.15, 0.2) is 42.5 Å². The van der Waals surface area contributed by atoms with Crippen molar-refractivity contribution >= 4 is 18.3 Å². The summed E-state index contributed by atoms with van der Waals surface area (Å²) in [5, 5.41) is 6.28. The fraction of sp³-hybridized carbons (Fsp3) is 0.350. The van der Waals surface area contributed by atoms with Crippen molar-refractivity contribution in [1.29, 1.82) is 0 Å². The molecule has 1 saturated heterocycles. The van der Waals surface area contributed by atoms with Gasteiger partial charge in [0.25, 0.3) is 5.91 Å². The lowest BCUT2D eigenvalue weighted by atomic mass is 9.99. The number of methoxy groups -OCH3 is 1. The van der Waals surface area contributed by atoms with E-state index in [1.165, 1.54) is 6.07 Å². The number of halogens is 2. The maximum Gasteiger partial charge on any atom is 0.254 e. The highest BCUT2D eigenvalue weighted by Gasteiger charge is 2.22. The lowest BCUT2D eigenvalue weighted by molar-refractivity contribution is 0.0921. The summed E-state index contributed by atoms with van der Waals surface area (Å²) in [6, 6.07) is 12.6. The summed E-state index contributed by atoms with van der Waals surface area (Å²) in [6.07, 6.45) is 1.72. The molecule has 6 heteroatoms. The van der Waals surface area contributed by atoms with Crippen LogP contribution in [0.3, 0.4) is 0 Å². The number of amides is 1. The van der Waals surface area contributed by atoms with Crippen molar-refractivity contribution in [1.82, 2.24) is 10.6 Å². The van der Waals surface area contributed by atoms with Gasteiger partial charge in [0.05, 0.1) is 12.7 Å². The van der Waals surface area contributed by atoms with Crippen molar-refractivity contribution in [2.45, 2.75) is 31.8 Å². The third kappa shape index (κ3) is 4.74. The summed E-state index contributed by atoms with van der Waals surface area (Å²) in [5.74, 6) is -0.109. The van der Waals surface area contributed by atoms with E-state index in [9.17, 15) is 9.18 Å². The molecule has 2 N–H and O–H groups in total. The molecular weight excluding hydrogens is 355 g/mol. The SMILES string of the molecule is COc1ccc(-c2ccc(C(=O)NC3CCNC(C)C3)c(F)c2)cc1.Cl. The quantitative estimate of drug-likeness (QED) is 0.851. The molecule has 1 aliphatic rings. The van der Waals surface area contributed by atoms with Gasteiger partial charge in [0, 0.05) is 12.1 Å². The molecule has 2 aromatic carbocycles. The number of benzene rings is 2. The topological polar surface area (TPSA) is 50.4 Å². The monoisotopic (exact) mass is 378 g/mol. The van der Waals surface area contributed by atoms with Crippen molar-refractivity contribution in [3.8, 4) is 16.9 Å². The molecule has 0 bridgehead atoms. The molecule has 0 radical (unpaired) electrons. The maximum atomic E-state index is 14.5. The van der Waals surface area contributed by atoms with E-state index < -0.39 is 5.82 Å². The van der Waals surface area contributed by atoms with Crippen molar-refractivity contribution in [3.05, 3.63) is 53.8 Å². The lowest BCUT2D eigenvalue weighted by Crippen LogP contribution is -2.46. The second kappa shape index (κ2) is 9.01. The molecule has 2 atom stereocenters. The van der Waals surface area contributed by atoms with Crippen molar-refractivity contribution in [2.24, 2.45) is 0 Å². The highest BCUT2D eigenvalue weighted by atomic mass is 35.5. The first-order valence-corrected chi connectivity index (χ1v) is 8.55. The molecular formula is C20H24ClFN2O2. The predicted molar refractivity (Wildman–Crippen MR) is 104 cm³/mol. The Kier molecular flexibility index (Phi) is 7.00. The molecule has 140 valence electrons. The van der Waals surface area contributed by atoms with E-state index in [0.29, 0.717) is 6.04 Å². The summed E-state index contributed by atoms with van der Waals surface area (Å²) in [6.45, 7) is 2.95. The van der Waals surface area contributed by atoms with Gasteiger partial charge in [0.15, 0.2) is 0 Å². The van der Waals surface area contributed by atoms with Crippen LogP contribution in [0.4, 0.5) is 4.39 Å². The number of carbonyl (C=O) groups excluding carboxylic acids is 1. The van der Waals surface area contributed by atoms with Crippen LogP contribution < -0.4 is 15.4 Å². The minimum absolute atomic E-state index is 0. The van der Waals surface area contributed by atoms with E-state index in [1.807, 2.05) is 24.3 Å². The number of ether oxygens (including phenoxy) is 1. The van der Waals surface area contributed by atoms with Gasteiger partial charge in [-0.25, -0.2) is 4.39 Å². The number of hydrogen-bond donors (Lipinski definition) is 2. The van der Waals surface area contributed by atoms with Gasteiger partial charge in [-0.2, -0.15) is 0 Å². The molecule has 2 aromatic rings. The predicted octanol–water partition coefficient (Wildman–Crippen LogP) is 3.79. The number of hydrogen-bond acceptors (Lipinski definition) is 3. The molecule has 2 unspecified atom stereocenters. The van der Waals surface area contributed by atoms with Crippen molar-refractivity contribution in [3.63, 3.8) is 0 Å². The Morgan fingerprint density at radius 1 is 1.19 bits per heavy atom. The van der Waals surface area contributed by atoms with Crippen molar-refractivity contribution < 1.29 is 13.9 Å². The largest absolute Gasteiger partial charge is 0.497 e. The second-order valence-electron chi connectivity index (χ2n) is 6.47. The van der Waals surface area contributed by atoms with Crippen LogP contribution in [0, 0.1) is 5.82 Å². The van der Waals surface area contributed by atoms with Crippen LogP contribution in [0.25, 0.3) is 11.1 Å². The molecule has 26 heavy (non-hydrogen) atoms. The van der Waals surface area contributed by atoms with E-state index in [2.05, 4.69) is 17.6 Å². The number of piperidine rings is 1. The average Bonchev–Trinajstić information content (AvgIpc) is 2.61. The first-order valence-electron chi connectivity index (χ1n) is 8.55. The Bertz CT molecular complexity index is 752. The molecule has 1 heterocycles. The fourth-order valence-electron chi connectivity index (χ4n) is 3.19. The summed E-state index contributed by atoms with van der Waals surface area (Å²) in [7, 11) is 1.60. The zero-order valence-electron chi connectivity index (χ0n) is 14.9. The van der Waals surface area contributed by atoms with Crippen LogP contribution in [0.5, 0.6) is 5.75 Å². The third-order valence-corrected chi connectivity index (χ3v) is 4.60. The zero-order valence-corrected chi connectivity index (χ0v) is 15.7. The standard InChI is InChI=1S/C20H23FN2O2.ClH/c1-13-11-16(9-10-22-13)23-20(24)18-8-5-15(12-19(18)21)14-3-6-17(25-2)7-4-14;/h3-8,12-13,16,22H,9-11H2,1-2H3,(H,23,24);1H. The first kappa shape index (κ1) is 20.2. The number of carbonyl (C=O) groups is 1. The van der Waals surface area contributed by atoms with E-state index in [4.69, 9.17) is 4.74 Å². The number of nitrogens with one attached hydrogen (secondary N) is 2. The normalized spacial score (nSPS) is 19.3. The smallest absolute Gasteiger partial charge is 0.254 e. The average molecular weight is 379 g/mol. The van der Waals surface area contributed by atoms with Gasteiger partial charge in [-0.15, -0.1) is 12.4 Å². The molecule has 0 saturated carbocycles. The van der Waals surface area contributed by atoms with E-state index in [-0.39, 0.29) is 29.9 Å². The highest BCUT2D eigenvalue weighted by molar-refractivity contribution is 5.95. The Morgan fingerprint density at radius 3 is 2.50 bits per heavy atom. The molecule has 1 fully saturated rings. The molecule has 0 aliphatic carbocycles. The highest BCUT2D eigenvalue weighted by Crippen LogP contribution is 2.24. The van der Waals surface area contributed by atoms with Crippen LogP contribution in [-0.2, 0) is 0 Å². The minimum Gasteiger partial charge on any atom is -0.497 e. The third-order valence-electron chi connectivity index (χ3n) is 4.60. The number of rotatable bonds is 4. The van der Waals surface area contributed by atoms with Crippen LogP contribution in [-0.4, -0.2) is 31.6 Å². The van der Waals surface area contributed by atoms with E-state index >= 15 is 0 Å². The summed E-state index contributed by atoms with van der Waals surface area (Å²) in [4.78, 5) is 12.4. The van der Waals surface area contributed by atoms with Crippen LogP contribution >= 0.6 is 12.4 Å². The lowest BCUT2D eigenvalue weighted by Gasteiger charge is -2.28. The summed E-state index contributed by atoms with van der Waals surface area (Å²) >= 11 is 0. The summed E-state index contributed by atoms with van der Waals surface area (Å²) in [5.41, 5.74) is 1.69. The van der Waals surface area contributed by atoms with Gasteiger partial charge in [-0.1, -0.05) is 18.2 Å². The Labute approximate surface area is 159 Å².